The van der Waals surface area contributed by atoms with Crippen LogP contribution in [0.1, 0.15) is 51.0 Å². The second-order valence-corrected chi connectivity index (χ2v) is 5.35. The summed E-state index contributed by atoms with van der Waals surface area (Å²) in [5, 5.41) is 0.576. The molecule has 14 heavy (non-hydrogen) atoms. The normalized spacial score (nSPS) is 17.1. The fraction of sp³-hybridized carbons (Fsp3) is 0.636. The second-order valence-electron chi connectivity index (χ2n) is 4.96. The lowest BCUT2D eigenvalue weighted by Gasteiger charge is -2.17. The fourth-order valence-electron chi connectivity index (χ4n) is 1.36. The van der Waals surface area contributed by atoms with Crippen molar-refractivity contribution in [2.24, 2.45) is 0 Å². The monoisotopic (exact) mass is 210 g/mol. The summed E-state index contributed by atoms with van der Waals surface area (Å²) < 4.78 is 0. The van der Waals surface area contributed by atoms with Gasteiger partial charge in [-0.2, -0.15) is 0 Å². The summed E-state index contributed by atoms with van der Waals surface area (Å²) in [5.41, 5.74) is 1.10. The molecule has 0 bridgehead atoms. The molecule has 1 aliphatic rings. The van der Waals surface area contributed by atoms with Gasteiger partial charge < -0.3 is 0 Å². The smallest absolute Gasteiger partial charge is 0.135 e. The minimum atomic E-state index is -0.0193. The van der Waals surface area contributed by atoms with E-state index in [0.717, 1.165) is 11.5 Å². The first-order valence-corrected chi connectivity index (χ1v) is 5.39. The Bertz CT molecular complexity index is 351. The number of hydrogen-bond donors (Lipinski definition) is 0. The summed E-state index contributed by atoms with van der Waals surface area (Å²) in [6.45, 7) is 6.32. The van der Waals surface area contributed by atoms with E-state index in [1.54, 1.807) is 0 Å². The molecule has 2 rings (SSSR count). The summed E-state index contributed by atoms with van der Waals surface area (Å²) in [7, 11) is 0. The van der Waals surface area contributed by atoms with Gasteiger partial charge >= 0.3 is 0 Å². The summed E-state index contributed by atoms with van der Waals surface area (Å²) in [4.78, 5) is 8.84. The zero-order valence-electron chi connectivity index (χ0n) is 8.84. The van der Waals surface area contributed by atoms with E-state index < -0.39 is 0 Å². The average Bonchev–Trinajstić information content (AvgIpc) is 2.83. The molecular weight excluding hydrogens is 196 g/mol. The van der Waals surface area contributed by atoms with Gasteiger partial charge in [0, 0.05) is 17.0 Å². The lowest BCUT2D eigenvalue weighted by molar-refractivity contribution is 0.541. The van der Waals surface area contributed by atoms with Gasteiger partial charge in [-0.1, -0.05) is 32.4 Å². The second kappa shape index (κ2) is 3.20. The molecular formula is C11H15ClN2. The molecule has 0 atom stereocenters. The highest BCUT2D eigenvalue weighted by atomic mass is 35.5. The van der Waals surface area contributed by atoms with Crippen molar-refractivity contribution in [3.05, 3.63) is 22.7 Å². The van der Waals surface area contributed by atoms with Gasteiger partial charge in [0.1, 0.15) is 11.0 Å². The molecule has 76 valence electrons. The SMILES string of the molecule is CC(C)(C)c1nc(Cl)cc(C2CC2)n1. The molecule has 2 nitrogen and oxygen atoms in total. The van der Waals surface area contributed by atoms with Crippen LogP contribution in [-0.4, -0.2) is 9.97 Å². The van der Waals surface area contributed by atoms with Gasteiger partial charge in [0.05, 0.1) is 0 Å². The van der Waals surface area contributed by atoms with E-state index in [-0.39, 0.29) is 5.41 Å². The first kappa shape index (κ1) is 9.91. The number of nitrogens with zero attached hydrogens (tertiary/aromatic N) is 2. The topological polar surface area (TPSA) is 25.8 Å². The number of rotatable bonds is 1. The van der Waals surface area contributed by atoms with Crippen molar-refractivity contribution in [1.82, 2.24) is 9.97 Å². The van der Waals surface area contributed by atoms with Gasteiger partial charge in [0.15, 0.2) is 0 Å². The van der Waals surface area contributed by atoms with Crippen molar-refractivity contribution in [3.63, 3.8) is 0 Å². The van der Waals surface area contributed by atoms with Crippen molar-refractivity contribution in [3.8, 4) is 0 Å². The standard InChI is InChI=1S/C11H15ClN2/c1-11(2,3)10-13-8(7-4-5-7)6-9(12)14-10/h6-7H,4-5H2,1-3H3. The molecule has 1 aromatic rings. The van der Waals surface area contributed by atoms with Crippen LogP contribution in [0.4, 0.5) is 0 Å². The van der Waals surface area contributed by atoms with E-state index in [1.165, 1.54) is 12.8 Å². The van der Waals surface area contributed by atoms with E-state index >= 15 is 0 Å². The van der Waals surface area contributed by atoms with Crippen LogP contribution in [0.5, 0.6) is 0 Å². The molecule has 1 fully saturated rings. The van der Waals surface area contributed by atoms with Crippen LogP contribution >= 0.6 is 11.6 Å². The number of halogens is 1. The Morgan fingerprint density at radius 3 is 2.43 bits per heavy atom. The third-order valence-electron chi connectivity index (χ3n) is 2.38. The van der Waals surface area contributed by atoms with Crippen LogP contribution in [0.3, 0.4) is 0 Å². The molecule has 1 heterocycles. The maximum Gasteiger partial charge on any atom is 0.135 e. The zero-order chi connectivity index (χ0) is 10.3. The first-order valence-electron chi connectivity index (χ1n) is 5.02. The summed E-state index contributed by atoms with van der Waals surface area (Å²) >= 11 is 5.98. The average molecular weight is 211 g/mol. The first-order chi connectivity index (χ1) is 6.47. The fourth-order valence-corrected chi connectivity index (χ4v) is 1.55. The molecule has 0 saturated heterocycles. The summed E-state index contributed by atoms with van der Waals surface area (Å²) in [6.07, 6.45) is 2.49. The molecule has 0 amide bonds. The molecule has 1 saturated carbocycles. The van der Waals surface area contributed by atoms with E-state index in [1.807, 2.05) is 6.07 Å². The maximum atomic E-state index is 5.98. The minimum absolute atomic E-state index is 0.0193. The Labute approximate surface area is 89.7 Å². The van der Waals surface area contributed by atoms with E-state index in [9.17, 15) is 0 Å². The quantitative estimate of drug-likeness (QED) is 0.665. The van der Waals surface area contributed by atoms with Gasteiger partial charge in [-0.05, 0) is 18.9 Å². The van der Waals surface area contributed by atoms with Crippen LogP contribution in [0.25, 0.3) is 0 Å². The largest absolute Gasteiger partial charge is 0.237 e. The van der Waals surface area contributed by atoms with E-state index in [0.29, 0.717) is 11.1 Å². The van der Waals surface area contributed by atoms with Crippen LogP contribution in [0.15, 0.2) is 6.07 Å². The molecule has 0 unspecified atom stereocenters. The van der Waals surface area contributed by atoms with Crippen LogP contribution in [0.2, 0.25) is 5.15 Å². The van der Waals surface area contributed by atoms with Gasteiger partial charge in [-0.15, -0.1) is 0 Å². The third kappa shape index (κ3) is 2.06. The van der Waals surface area contributed by atoms with Crippen molar-refractivity contribution in [2.75, 3.05) is 0 Å². The van der Waals surface area contributed by atoms with Gasteiger partial charge in [-0.3, -0.25) is 0 Å². The minimum Gasteiger partial charge on any atom is -0.237 e. The van der Waals surface area contributed by atoms with Crippen molar-refractivity contribution in [1.29, 1.82) is 0 Å². The Balaban J connectivity index is 2.41. The molecule has 1 aliphatic carbocycles. The molecule has 0 spiro atoms. The number of aromatic nitrogens is 2. The Morgan fingerprint density at radius 2 is 1.93 bits per heavy atom. The molecule has 0 aromatic carbocycles. The van der Waals surface area contributed by atoms with E-state index in [4.69, 9.17) is 11.6 Å². The Kier molecular flexibility index (Phi) is 2.26. The molecule has 0 N–H and O–H groups in total. The maximum absolute atomic E-state index is 5.98. The highest BCUT2D eigenvalue weighted by Crippen LogP contribution is 2.40. The van der Waals surface area contributed by atoms with Crippen LogP contribution in [-0.2, 0) is 5.41 Å². The lowest BCUT2D eigenvalue weighted by atomic mass is 9.95. The number of hydrogen-bond acceptors (Lipinski definition) is 2. The van der Waals surface area contributed by atoms with Gasteiger partial charge in [0.25, 0.3) is 0 Å². The zero-order valence-corrected chi connectivity index (χ0v) is 9.60. The molecule has 3 heteroatoms. The van der Waals surface area contributed by atoms with Crippen molar-refractivity contribution >= 4 is 11.6 Å². The van der Waals surface area contributed by atoms with Gasteiger partial charge in [-0.25, -0.2) is 9.97 Å². The van der Waals surface area contributed by atoms with Gasteiger partial charge in [0.2, 0.25) is 0 Å². The highest BCUT2D eigenvalue weighted by molar-refractivity contribution is 6.29. The van der Waals surface area contributed by atoms with Crippen LogP contribution in [0, 0.1) is 0 Å². The lowest BCUT2D eigenvalue weighted by Crippen LogP contribution is -2.17. The van der Waals surface area contributed by atoms with Crippen molar-refractivity contribution in [2.45, 2.75) is 44.9 Å². The Hall–Kier alpha value is -0.630. The van der Waals surface area contributed by atoms with Crippen LogP contribution < -0.4 is 0 Å². The molecule has 1 aromatic heterocycles. The molecule has 0 aliphatic heterocycles. The Morgan fingerprint density at radius 1 is 1.29 bits per heavy atom. The predicted molar refractivity (Wildman–Crippen MR) is 57.7 cm³/mol. The van der Waals surface area contributed by atoms with E-state index in [2.05, 4.69) is 30.7 Å². The third-order valence-corrected chi connectivity index (χ3v) is 2.57. The predicted octanol–water partition coefficient (Wildman–Crippen LogP) is 3.30. The molecule has 0 radical (unpaired) electrons. The summed E-state index contributed by atoms with van der Waals surface area (Å²) in [5.74, 6) is 1.49. The van der Waals surface area contributed by atoms with Crippen molar-refractivity contribution < 1.29 is 0 Å². The summed E-state index contributed by atoms with van der Waals surface area (Å²) in [6, 6.07) is 1.90. The highest BCUT2D eigenvalue weighted by Gasteiger charge is 2.27.